The van der Waals surface area contributed by atoms with Crippen LogP contribution in [-0.4, -0.2) is 15.0 Å². The highest BCUT2D eigenvalue weighted by atomic mass is 35.5. The van der Waals surface area contributed by atoms with E-state index in [1.54, 1.807) is 36.4 Å². The van der Waals surface area contributed by atoms with Gasteiger partial charge in [0.25, 0.3) is 10.0 Å². The Morgan fingerprint density at radius 3 is 2.20 bits per heavy atom. The van der Waals surface area contributed by atoms with Crippen LogP contribution >= 0.6 is 11.6 Å². The Morgan fingerprint density at radius 2 is 1.60 bits per heavy atom. The first kappa shape index (κ1) is 14.9. The molecule has 0 unspecified atom stereocenters. The van der Waals surface area contributed by atoms with Gasteiger partial charge in [0, 0.05) is 12.4 Å². The molecule has 0 radical (unpaired) electrons. The molecule has 0 aromatic heterocycles. The summed E-state index contributed by atoms with van der Waals surface area (Å²) in [5.41, 5.74) is 1.27. The number of halogens is 1. The Hall–Kier alpha value is -1.52. The van der Waals surface area contributed by atoms with Gasteiger partial charge in [-0.2, -0.15) is 0 Å². The maximum Gasteiger partial charge on any atom is 0.264 e. The van der Waals surface area contributed by atoms with Gasteiger partial charge in [-0.3, -0.25) is 4.31 Å². The van der Waals surface area contributed by atoms with Crippen LogP contribution in [0.1, 0.15) is 12.5 Å². The van der Waals surface area contributed by atoms with Crippen molar-refractivity contribution in [2.75, 3.05) is 10.8 Å². The van der Waals surface area contributed by atoms with Gasteiger partial charge < -0.3 is 0 Å². The summed E-state index contributed by atoms with van der Waals surface area (Å²) < 4.78 is 27.0. The second kappa shape index (κ2) is 6.29. The molecule has 0 saturated carbocycles. The highest BCUT2D eigenvalue weighted by Gasteiger charge is 2.25. The molecule has 0 amide bonds. The molecular formula is C15H16ClNO2S. The lowest BCUT2D eigenvalue weighted by Gasteiger charge is -2.23. The number of hydrogen-bond donors (Lipinski definition) is 0. The summed E-state index contributed by atoms with van der Waals surface area (Å²) in [6.45, 7) is 2.18. The summed E-state index contributed by atoms with van der Waals surface area (Å²) in [5.74, 6) is 0.168. The van der Waals surface area contributed by atoms with Crippen molar-refractivity contribution in [3.8, 4) is 0 Å². The third-order valence-corrected chi connectivity index (χ3v) is 5.31. The van der Waals surface area contributed by atoms with E-state index in [-0.39, 0.29) is 10.8 Å². The molecule has 0 atom stereocenters. The Balaban J connectivity index is 2.53. The van der Waals surface area contributed by atoms with Crippen LogP contribution in [0.25, 0.3) is 0 Å². The van der Waals surface area contributed by atoms with Crippen molar-refractivity contribution in [3.05, 3.63) is 60.2 Å². The van der Waals surface area contributed by atoms with Crippen LogP contribution in [0.4, 0.5) is 5.69 Å². The van der Waals surface area contributed by atoms with Crippen LogP contribution in [0.2, 0.25) is 0 Å². The number of para-hydroxylation sites is 1. The van der Waals surface area contributed by atoms with Gasteiger partial charge in [-0.05, 0) is 30.7 Å². The summed E-state index contributed by atoms with van der Waals surface area (Å²) in [6, 6.07) is 15.9. The number of alkyl halides is 1. The first-order valence-corrected chi connectivity index (χ1v) is 8.30. The van der Waals surface area contributed by atoms with Crippen molar-refractivity contribution < 1.29 is 8.42 Å². The van der Waals surface area contributed by atoms with Crippen molar-refractivity contribution >= 4 is 27.3 Å². The number of benzene rings is 2. The molecule has 0 saturated heterocycles. The SMILES string of the molecule is CCN(c1ccccc1)S(=O)(=O)c1ccccc1CCl. The molecular weight excluding hydrogens is 294 g/mol. The van der Waals surface area contributed by atoms with Crippen LogP contribution in [0.5, 0.6) is 0 Å². The molecule has 106 valence electrons. The normalized spacial score (nSPS) is 11.3. The van der Waals surface area contributed by atoms with E-state index in [2.05, 4.69) is 0 Å². The summed E-state index contributed by atoms with van der Waals surface area (Å²) in [4.78, 5) is 0.265. The second-order valence-corrected chi connectivity index (χ2v) is 6.34. The first-order valence-electron chi connectivity index (χ1n) is 6.33. The molecule has 0 aliphatic carbocycles. The highest BCUT2D eigenvalue weighted by Crippen LogP contribution is 2.26. The molecule has 2 aromatic carbocycles. The Labute approximate surface area is 124 Å². The standard InChI is InChI=1S/C15H16ClNO2S/c1-2-17(14-9-4-3-5-10-14)20(18,19)15-11-7-6-8-13(15)12-16/h3-11H,2,12H2,1H3. The predicted octanol–water partition coefficient (Wildman–Crippen LogP) is 3.64. The van der Waals surface area contributed by atoms with Gasteiger partial charge in [0.15, 0.2) is 0 Å². The van der Waals surface area contributed by atoms with E-state index in [1.165, 1.54) is 4.31 Å². The van der Waals surface area contributed by atoms with Crippen molar-refractivity contribution in [1.82, 2.24) is 0 Å². The van der Waals surface area contributed by atoms with Gasteiger partial charge in [0.05, 0.1) is 10.6 Å². The van der Waals surface area contributed by atoms with Crippen LogP contribution in [0, 0.1) is 0 Å². The summed E-state index contributed by atoms with van der Waals surface area (Å²) in [6.07, 6.45) is 0. The number of anilines is 1. The molecule has 0 heterocycles. The van der Waals surface area contributed by atoms with Gasteiger partial charge >= 0.3 is 0 Å². The second-order valence-electron chi connectivity index (χ2n) is 4.25. The van der Waals surface area contributed by atoms with Gasteiger partial charge in [0.2, 0.25) is 0 Å². The first-order chi connectivity index (χ1) is 9.61. The minimum absolute atomic E-state index is 0.168. The fraction of sp³-hybridized carbons (Fsp3) is 0.200. The van der Waals surface area contributed by atoms with Crippen molar-refractivity contribution in [1.29, 1.82) is 0 Å². The van der Waals surface area contributed by atoms with E-state index in [9.17, 15) is 8.42 Å². The van der Waals surface area contributed by atoms with Gasteiger partial charge in [-0.1, -0.05) is 36.4 Å². The average Bonchev–Trinajstić information content (AvgIpc) is 2.48. The zero-order valence-electron chi connectivity index (χ0n) is 11.2. The molecule has 0 aliphatic heterocycles. The van der Waals surface area contributed by atoms with E-state index in [0.717, 1.165) is 0 Å². The number of nitrogens with zero attached hydrogens (tertiary/aromatic N) is 1. The average molecular weight is 310 g/mol. The molecule has 0 N–H and O–H groups in total. The van der Waals surface area contributed by atoms with E-state index in [0.29, 0.717) is 17.8 Å². The molecule has 0 spiro atoms. The Morgan fingerprint density at radius 1 is 1.00 bits per heavy atom. The minimum Gasteiger partial charge on any atom is -0.267 e. The van der Waals surface area contributed by atoms with Crippen molar-refractivity contribution in [2.45, 2.75) is 17.7 Å². The lowest BCUT2D eigenvalue weighted by molar-refractivity contribution is 0.591. The van der Waals surface area contributed by atoms with Gasteiger partial charge in [-0.25, -0.2) is 8.42 Å². The molecule has 2 rings (SSSR count). The fourth-order valence-electron chi connectivity index (χ4n) is 2.07. The van der Waals surface area contributed by atoms with E-state index in [1.807, 2.05) is 25.1 Å². The van der Waals surface area contributed by atoms with Crippen LogP contribution in [0.3, 0.4) is 0 Å². The van der Waals surface area contributed by atoms with E-state index < -0.39 is 10.0 Å². The molecule has 0 fully saturated rings. The number of sulfonamides is 1. The van der Waals surface area contributed by atoms with E-state index in [4.69, 9.17) is 11.6 Å². The predicted molar refractivity (Wildman–Crippen MR) is 82.6 cm³/mol. The molecule has 5 heteroatoms. The van der Waals surface area contributed by atoms with Crippen LogP contribution in [0.15, 0.2) is 59.5 Å². The van der Waals surface area contributed by atoms with Crippen LogP contribution in [-0.2, 0) is 15.9 Å². The summed E-state index contributed by atoms with van der Waals surface area (Å²) >= 11 is 5.85. The Kier molecular flexibility index (Phi) is 4.68. The molecule has 0 bridgehead atoms. The van der Waals surface area contributed by atoms with Crippen LogP contribution < -0.4 is 4.31 Å². The quantitative estimate of drug-likeness (QED) is 0.791. The van der Waals surface area contributed by atoms with Crippen molar-refractivity contribution in [2.24, 2.45) is 0 Å². The zero-order chi connectivity index (χ0) is 14.6. The lowest BCUT2D eigenvalue weighted by Crippen LogP contribution is -2.31. The van der Waals surface area contributed by atoms with E-state index >= 15 is 0 Å². The largest absolute Gasteiger partial charge is 0.267 e. The van der Waals surface area contributed by atoms with Gasteiger partial charge in [-0.15, -0.1) is 11.6 Å². The fourth-order valence-corrected chi connectivity index (χ4v) is 4.08. The lowest BCUT2D eigenvalue weighted by atomic mass is 10.2. The topological polar surface area (TPSA) is 37.4 Å². The molecule has 3 nitrogen and oxygen atoms in total. The zero-order valence-corrected chi connectivity index (χ0v) is 12.7. The third kappa shape index (κ3) is 2.81. The number of hydrogen-bond acceptors (Lipinski definition) is 2. The Bertz CT molecular complexity index is 671. The monoisotopic (exact) mass is 309 g/mol. The molecule has 0 aliphatic rings. The maximum atomic E-state index is 12.8. The maximum absolute atomic E-state index is 12.8. The smallest absolute Gasteiger partial charge is 0.264 e. The van der Waals surface area contributed by atoms with Gasteiger partial charge in [0.1, 0.15) is 0 Å². The number of rotatable bonds is 5. The minimum atomic E-state index is -3.60. The molecule has 2 aromatic rings. The summed E-state index contributed by atoms with van der Waals surface area (Å²) in [5, 5.41) is 0. The highest BCUT2D eigenvalue weighted by molar-refractivity contribution is 7.92. The molecule has 20 heavy (non-hydrogen) atoms. The van der Waals surface area contributed by atoms with Crippen molar-refractivity contribution in [3.63, 3.8) is 0 Å². The third-order valence-electron chi connectivity index (χ3n) is 3.02. The summed E-state index contributed by atoms with van der Waals surface area (Å²) in [7, 11) is -3.60.